The first-order valence-electron chi connectivity index (χ1n) is 9.46. The van der Waals surface area contributed by atoms with Gasteiger partial charge in [0, 0.05) is 16.9 Å². The van der Waals surface area contributed by atoms with Crippen LogP contribution in [0.1, 0.15) is 11.5 Å². The summed E-state index contributed by atoms with van der Waals surface area (Å²) in [6.45, 7) is 3.62. The van der Waals surface area contributed by atoms with Crippen molar-refractivity contribution in [3.63, 3.8) is 0 Å². The maximum absolute atomic E-state index is 12.9. The van der Waals surface area contributed by atoms with Gasteiger partial charge in [-0.2, -0.15) is 4.37 Å². The number of hydrogen-bond donors (Lipinski definition) is 3. The molecule has 178 valence electrons. The number of fused-ring (bicyclic) bond motifs is 1. The van der Waals surface area contributed by atoms with Crippen molar-refractivity contribution < 1.29 is 24.3 Å². The number of hydrogen-bond acceptors (Lipinski definition) is 13. The third-order valence-corrected chi connectivity index (χ3v) is 8.62. The molecular weight excluding hydrogens is 523 g/mol. The second-order valence-electron chi connectivity index (χ2n) is 6.72. The van der Waals surface area contributed by atoms with Crippen LogP contribution in [0.4, 0.5) is 5.13 Å². The summed E-state index contributed by atoms with van der Waals surface area (Å²) >= 11 is 5.03. The van der Waals surface area contributed by atoms with Crippen molar-refractivity contribution in [3.05, 3.63) is 34.7 Å². The number of rotatable bonds is 9. The molecule has 4 rings (SSSR count). The van der Waals surface area contributed by atoms with Gasteiger partial charge in [-0.3, -0.25) is 14.5 Å². The number of anilines is 1. The molecule has 34 heavy (non-hydrogen) atoms. The number of nitrogens with one attached hydrogen (secondary N) is 1. The molecule has 2 atom stereocenters. The van der Waals surface area contributed by atoms with Gasteiger partial charge in [-0.15, -0.1) is 23.1 Å². The van der Waals surface area contributed by atoms with E-state index >= 15 is 0 Å². The number of oxime groups is 1. The molecule has 0 spiro atoms. The SMILES string of the molecule is C=Cc1nsc(SCC2=C(C(=O)O)N3C(=O)C(NC(=O)C(=NOC)c4csc(N)n4)[C@H]3SC2)n1. The van der Waals surface area contributed by atoms with Gasteiger partial charge in [0.1, 0.15) is 29.9 Å². The van der Waals surface area contributed by atoms with Gasteiger partial charge in [-0.25, -0.2) is 14.8 Å². The molecule has 2 aromatic rings. The van der Waals surface area contributed by atoms with E-state index in [1.165, 1.54) is 53.1 Å². The number of thiazole rings is 1. The monoisotopic (exact) mass is 539 g/mol. The third kappa shape index (κ3) is 4.66. The van der Waals surface area contributed by atoms with Crippen molar-refractivity contribution >= 4 is 81.1 Å². The predicted octanol–water partition coefficient (Wildman–Crippen LogP) is 1.10. The summed E-state index contributed by atoms with van der Waals surface area (Å²) in [5.41, 5.74) is 6.23. The van der Waals surface area contributed by atoms with Crippen molar-refractivity contribution in [2.45, 2.75) is 15.8 Å². The van der Waals surface area contributed by atoms with Gasteiger partial charge in [0.2, 0.25) is 0 Å². The van der Waals surface area contributed by atoms with Gasteiger partial charge in [-0.05, 0) is 23.2 Å². The summed E-state index contributed by atoms with van der Waals surface area (Å²) in [7, 11) is 1.28. The quantitative estimate of drug-likeness (QED) is 0.180. The fourth-order valence-electron chi connectivity index (χ4n) is 3.21. The van der Waals surface area contributed by atoms with Gasteiger partial charge >= 0.3 is 5.97 Å². The van der Waals surface area contributed by atoms with Crippen molar-refractivity contribution in [1.82, 2.24) is 24.6 Å². The number of amides is 2. The standard InChI is InChI=1S/C18H17N7O5S4/c1-3-9-21-18(34-24-9)33-5-7-4-31-15-11(14(27)25(15)12(7)16(28)29)22-13(26)10(23-30-2)8-6-32-17(19)20-8/h3,6,11,15H,1,4-5H2,2H3,(H2,19,20)(H,22,26)(H,28,29)/t11?,15-/m1/s1. The highest BCUT2D eigenvalue weighted by molar-refractivity contribution is 8.01. The average Bonchev–Trinajstić information content (AvgIpc) is 3.47. The average molecular weight is 540 g/mol. The molecule has 4 heterocycles. The lowest BCUT2D eigenvalue weighted by molar-refractivity contribution is -0.150. The minimum Gasteiger partial charge on any atom is -0.477 e. The minimum atomic E-state index is -1.21. The molecule has 0 bridgehead atoms. The Hall–Kier alpha value is -2.95. The van der Waals surface area contributed by atoms with Crippen LogP contribution in [0.15, 0.2) is 32.7 Å². The van der Waals surface area contributed by atoms with E-state index in [0.29, 0.717) is 27.2 Å². The van der Waals surface area contributed by atoms with Crippen LogP contribution in [0.2, 0.25) is 0 Å². The fourth-order valence-corrected chi connectivity index (χ4v) is 6.84. The predicted molar refractivity (Wildman–Crippen MR) is 130 cm³/mol. The first kappa shape index (κ1) is 24.2. The van der Waals surface area contributed by atoms with E-state index < -0.39 is 29.2 Å². The molecule has 1 fully saturated rings. The van der Waals surface area contributed by atoms with Crippen molar-refractivity contribution in [2.24, 2.45) is 5.16 Å². The topological polar surface area (TPSA) is 173 Å². The summed E-state index contributed by atoms with van der Waals surface area (Å²) in [4.78, 5) is 51.9. The molecule has 0 radical (unpaired) electrons. The maximum atomic E-state index is 12.9. The molecule has 1 saturated heterocycles. The smallest absolute Gasteiger partial charge is 0.352 e. The number of nitrogens with two attached hydrogens (primary N) is 1. The normalized spacial score (nSPS) is 20.0. The van der Waals surface area contributed by atoms with E-state index in [2.05, 4.69) is 31.4 Å². The molecule has 2 amide bonds. The molecule has 0 aromatic carbocycles. The zero-order valence-electron chi connectivity index (χ0n) is 17.5. The number of thioether (sulfide) groups is 2. The molecule has 12 nitrogen and oxygen atoms in total. The second-order valence-corrected chi connectivity index (χ2v) is 10.7. The number of carbonyl (C=O) groups is 3. The van der Waals surface area contributed by atoms with Gasteiger partial charge < -0.3 is 21.0 Å². The van der Waals surface area contributed by atoms with Crippen LogP contribution in [0.5, 0.6) is 0 Å². The Morgan fingerprint density at radius 1 is 1.50 bits per heavy atom. The van der Waals surface area contributed by atoms with E-state index in [1.807, 2.05) is 0 Å². The zero-order valence-corrected chi connectivity index (χ0v) is 20.7. The van der Waals surface area contributed by atoms with E-state index in [4.69, 9.17) is 10.6 Å². The first-order valence-corrected chi connectivity index (χ1v) is 13.1. The highest BCUT2D eigenvalue weighted by atomic mass is 32.2. The lowest BCUT2D eigenvalue weighted by Crippen LogP contribution is -2.71. The lowest BCUT2D eigenvalue weighted by Gasteiger charge is -2.49. The van der Waals surface area contributed by atoms with Crippen LogP contribution < -0.4 is 11.1 Å². The number of carboxylic acids is 1. The van der Waals surface area contributed by atoms with Crippen LogP contribution >= 0.6 is 46.4 Å². The van der Waals surface area contributed by atoms with Gasteiger partial charge in [0.05, 0.1) is 0 Å². The van der Waals surface area contributed by atoms with E-state index in [0.717, 1.165) is 11.3 Å². The molecule has 2 aliphatic rings. The third-order valence-electron chi connectivity index (χ3n) is 4.67. The molecule has 2 aromatic heterocycles. The molecular formula is C18H17N7O5S4. The van der Waals surface area contributed by atoms with Crippen molar-refractivity contribution in [2.75, 3.05) is 24.3 Å². The number of carbonyl (C=O) groups excluding carboxylic acids is 2. The number of nitrogens with zero attached hydrogens (tertiary/aromatic N) is 5. The minimum absolute atomic E-state index is 0.0711. The van der Waals surface area contributed by atoms with Crippen LogP contribution in [0.3, 0.4) is 0 Å². The summed E-state index contributed by atoms with van der Waals surface area (Å²) in [6.07, 6.45) is 1.53. The van der Waals surface area contributed by atoms with Crippen molar-refractivity contribution in [3.8, 4) is 0 Å². The van der Waals surface area contributed by atoms with Crippen LogP contribution in [-0.2, 0) is 19.2 Å². The second kappa shape index (κ2) is 10.1. The van der Waals surface area contributed by atoms with Gasteiger partial charge in [0.15, 0.2) is 21.0 Å². The van der Waals surface area contributed by atoms with Crippen LogP contribution in [0.25, 0.3) is 6.08 Å². The summed E-state index contributed by atoms with van der Waals surface area (Å²) < 4.78 is 4.78. The number of nitrogen functional groups attached to an aromatic ring is 1. The summed E-state index contributed by atoms with van der Waals surface area (Å²) in [6, 6.07) is -0.919. The van der Waals surface area contributed by atoms with E-state index in [9.17, 15) is 19.5 Å². The van der Waals surface area contributed by atoms with Crippen molar-refractivity contribution in [1.29, 1.82) is 0 Å². The molecule has 4 N–H and O–H groups in total. The fraction of sp³-hybridized carbons (Fsp3) is 0.278. The molecule has 0 aliphatic carbocycles. The van der Waals surface area contributed by atoms with Gasteiger partial charge in [0.25, 0.3) is 11.8 Å². The highest BCUT2D eigenvalue weighted by Gasteiger charge is 2.54. The Kier molecular flexibility index (Phi) is 7.20. The first-order chi connectivity index (χ1) is 16.3. The number of aromatic nitrogens is 3. The molecule has 0 saturated carbocycles. The number of aliphatic carboxylic acids is 1. The molecule has 2 aliphatic heterocycles. The van der Waals surface area contributed by atoms with E-state index in [1.54, 1.807) is 5.38 Å². The molecule has 1 unspecified atom stereocenters. The Balaban J connectivity index is 1.48. The van der Waals surface area contributed by atoms with Crippen LogP contribution in [0, 0.1) is 0 Å². The zero-order chi connectivity index (χ0) is 24.4. The number of carboxylic acid groups (broad SMARTS) is 1. The Bertz CT molecular complexity index is 1220. The Morgan fingerprint density at radius 3 is 2.91 bits per heavy atom. The van der Waals surface area contributed by atoms with Gasteiger partial charge in [-0.1, -0.05) is 23.5 Å². The number of β-lactam (4-membered cyclic amide) rings is 1. The Morgan fingerprint density at radius 2 is 2.29 bits per heavy atom. The summed E-state index contributed by atoms with van der Waals surface area (Å²) in [5, 5.41) is 17.4. The summed E-state index contributed by atoms with van der Waals surface area (Å²) in [5.74, 6) is -1.19. The largest absolute Gasteiger partial charge is 0.477 e. The lowest BCUT2D eigenvalue weighted by atomic mass is 10.0. The Labute approximate surface area is 209 Å². The van der Waals surface area contributed by atoms with Crippen LogP contribution in [-0.4, -0.2) is 77.9 Å². The maximum Gasteiger partial charge on any atom is 0.352 e. The molecule has 16 heteroatoms. The van der Waals surface area contributed by atoms with E-state index in [-0.39, 0.29) is 22.2 Å². The highest BCUT2D eigenvalue weighted by Crippen LogP contribution is 2.41.